The van der Waals surface area contributed by atoms with Gasteiger partial charge in [-0.2, -0.15) is 0 Å². The average Bonchev–Trinajstić information content (AvgIpc) is 2.85. The Hall–Kier alpha value is -1.88. The first-order valence-electron chi connectivity index (χ1n) is 6.77. The fourth-order valence-electron chi connectivity index (χ4n) is 2.25. The summed E-state index contributed by atoms with van der Waals surface area (Å²) < 4.78 is 5.44. The summed E-state index contributed by atoms with van der Waals surface area (Å²) in [6, 6.07) is 4.11. The zero-order valence-electron chi connectivity index (χ0n) is 12.6. The van der Waals surface area contributed by atoms with Crippen LogP contribution in [0.1, 0.15) is 35.9 Å². The first kappa shape index (κ1) is 15.5. The van der Waals surface area contributed by atoms with Gasteiger partial charge in [0.1, 0.15) is 10.8 Å². The summed E-state index contributed by atoms with van der Waals surface area (Å²) in [5.41, 5.74) is 4.07. The molecule has 0 unspecified atom stereocenters. The van der Waals surface area contributed by atoms with Crippen molar-refractivity contribution >= 4 is 17.3 Å². The maximum Gasteiger partial charge on any atom is 0.310 e. The number of thiazole rings is 1. The van der Waals surface area contributed by atoms with E-state index in [-0.39, 0.29) is 6.42 Å². The second-order valence-corrected chi connectivity index (χ2v) is 6.20. The summed E-state index contributed by atoms with van der Waals surface area (Å²) in [6.45, 7) is 6.25. The quantitative estimate of drug-likeness (QED) is 0.910. The molecule has 0 saturated carbocycles. The molecule has 0 aliphatic carbocycles. The maximum absolute atomic E-state index is 10.8. The van der Waals surface area contributed by atoms with Gasteiger partial charge in [-0.15, -0.1) is 11.3 Å². The Morgan fingerprint density at radius 3 is 2.71 bits per heavy atom. The lowest BCUT2D eigenvalue weighted by Gasteiger charge is -2.15. The number of aryl methyl sites for hydroxylation is 1. The van der Waals surface area contributed by atoms with E-state index < -0.39 is 5.97 Å². The molecule has 1 N–H and O–H groups in total. The maximum atomic E-state index is 10.8. The van der Waals surface area contributed by atoms with Crippen LogP contribution in [0.25, 0.3) is 11.3 Å². The Bertz CT molecular complexity index is 662. The van der Waals surface area contributed by atoms with E-state index in [4.69, 9.17) is 9.84 Å². The standard InChI is InChI=1S/C16H19NO3S/c1-9(2)11-6-12(10(3)5-14(11)20-4)13-8-21-15(17-13)7-16(18)19/h5-6,8-9H,7H2,1-4H3,(H,18,19). The smallest absolute Gasteiger partial charge is 0.310 e. The highest BCUT2D eigenvalue weighted by Gasteiger charge is 2.15. The molecule has 2 rings (SSSR count). The van der Waals surface area contributed by atoms with Crippen molar-refractivity contribution in [1.29, 1.82) is 0 Å². The van der Waals surface area contributed by atoms with Gasteiger partial charge < -0.3 is 9.84 Å². The molecule has 0 aliphatic rings. The van der Waals surface area contributed by atoms with Crippen molar-refractivity contribution in [2.24, 2.45) is 0 Å². The number of aromatic nitrogens is 1. The van der Waals surface area contributed by atoms with E-state index in [9.17, 15) is 4.79 Å². The number of methoxy groups -OCH3 is 1. The van der Waals surface area contributed by atoms with Gasteiger partial charge in [0.25, 0.3) is 0 Å². The largest absolute Gasteiger partial charge is 0.496 e. The van der Waals surface area contributed by atoms with Gasteiger partial charge in [0.2, 0.25) is 0 Å². The number of carboxylic acids is 1. The molecule has 0 amide bonds. The third-order valence-corrected chi connectivity index (χ3v) is 4.18. The lowest BCUT2D eigenvalue weighted by atomic mass is 9.95. The molecule has 0 bridgehead atoms. The minimum atomic E-state index is -0.856. The second-order valence-electron chi connectivity index (χ2n) is 5.26. The van der Waals surface area contributed by atoms with Gasteiger partial charge in [0.05, 0.1) is 19.2 Å². The molecular formula is C16H19NO3S. The molecule has 1 heterocycles. The van der Waals surface area contributed by atoms with Gasteiger partial charge in [0, 0.05) is 10.9 Å². The van der Waals surface area contributed by atoms with Crippen LogP contribution < -0.4 is 4.74 Å². The van der Waals surface area contributed by atoms with Crippen molar-refractivity contribution in [3.05, 3.63) is 33.6 Å². The normalized spacial score (nSPS) is 10.9. The number of hydrogen-bond acceptors (Lipinski definition) is 4. The molecule has 0 fully saturated rings. The van der Waals surface area contributed by atoms with Crippen molar-refractivity contribution in [3.8, 4) is 17.0 Å². The minimum Gasteiger partial charge on any atom is -0.496 e. The van der Waals surface area contributed by atoms with E-state index in [0.29, 0.717) is 10.9 Å². The Morgan fingerprint density at radius 1 is 1.43 bits per heavy atom. The van der Waals surface area contributed by atoms with Crippen LogP contribution in [0.4, 0.5) is 0 Å². The molecule has 21 heavy (non-hydrogen) atoms. The van der Waals surface area contributed by atoms with E-state index >= 15 is 0 Å². The molecule has 0 saturated heterocycles. The highest BCUT2D eigenvalue weighted by molar-refractivity contribution is 7.10. The van der Waals surface area contributed by atoms with Gasteiger partial charge in [-0.25, -0.2) is 4.98 Å². The van der Waals surface area contributed by atoms with Gasteiger partial charge in [-0.05, 0) is 36.1 Å². The predicted octanol–water partition coefficient (Wildman–Crippen LogP) is 3.88. The molecule has 1 aromatic carbocycles. The molecule has 0 aliphatic heterocycles. The highest BCUT2D eigenvalue weighted by Crippen LogP contribution is 2.34. The predicted molar refractivity (Wildman–Crippen MR) is 84.3 cm³/mol. The Labute approximate surface area is 128 Å². The highest BCUT2D eigenvalue weighted by atomic mass is 32.1. The molecule has 0 atom stereocenters. The zero-order valence-corrected chi connectivity index (χ0v) is 13.5. The topological polar surface area (TPSA) is 59.4 Å². The molecule has 112 valence electrons. The van der Waals surface area contributed by atoms with Crippen LogP contribution in [-0.4, -0.2) is 23.2 Å². The minimum absolute atomic E-state index is 0.0308. The molecule has 4 nitrogen and oxygen atoms in total. The number of benzene rings is 1. The Balaban J connectivity index is 2.45. The van der Waals surface area contributed by atoms with Crippen LogP contribution in [0.3, 0.4) is 0 Å². The van der Waals surface area contributed by atoms with E-state index in [1.54, 1.807) is 7.11 Å². The van der Waals surface area contributed by atoms with Crippen molar-refractivity contribution in [3.63, 3.8) is 0 Å². The average molecular weight is 305 g/mol. The Kier molecular flexibility index (Phi) is 4.63. The monoisotopic (exact) mass is 305 g/mol. The number of ether oxygens (including phenoxy) is 1. The number of hydrogen-bond donors (Lipinski definition) is 1. The van der Waals surface area contributed by atoms with E-state index in [2.05, 4.69) is 24.9 Å². The number of carbonyl (C=O) groups is 1. The van der Waals surface area contributed by atoms with Crippen molar-refractivity contribution in [2.45, 2.75) is 33.1 Å². The van der Waals surface area contributed by atoms with Gasteiger partial charge in [-0.3, -0.25) is 4.79 Å². The van der Waals surface area contributed by atoms with E-state index in [1.165, 1.54) is 11.3 Å². The summed E-state index contributed by atoms with van der Waals surface area (Å²) in [4.78, 5) is 15.2. The number of rotatable bonds is 5. The molecule has 0 spiro atoms. The summed E-state index contributed by atoms with van der Waals surface area (Å²) >= 11 is 1.38. The fraction of sp³-hybridized carbons (Fsp3) is 0.375. The van der Waals surface area contributed by atoms with Gasteiger partial charge in [-0.1, -0.05) is 13.8 Å². The third-order valence-electron chi connectivity index (χ3n) is 3.33. The van der Waals surface area contributed by atoms with Crippen LogP contribution in [0.15, 0.2) is 17.5 Å². The fourth-order valence-corrected chi connectivity index (χ4v) is 3.03. The SMILES string of the molecule is COc1cc(C)c(-c2csc(CC(=O)O)n2)cc1C(C)C. The molecule has 5 heteroatoms. The molecule has 0 radical (unpaired) electrons. The van der Waals surface area contributed by atoms with Crippen LogP contribution >= 0.6 is 11.3 Å². The number of aliphatic carboxylic acids is 1. The van der Waals surface area contributed by atoms with Crippen LogP contribution in [0.2, 0.25) is 0 Å². The summed E-state index contributed by atoms with van der Waals surface area (Å²) in [5.74, 6) is 0.369. The number of nitrogens with zero attached hydrogens (tertiary/aromatic N) is 1. The van der Waals surface area contributed by atoms with Crippen molar-refractivity contribution < 1.29 is 14.6 Å². The van der Waals surface area contributed by atoms with E-state index in [0.717, 1.165) is 28.1 Å². The lowest BCUT2D eigenvalue weighted by Crippen LogP contribution is -2.00. The summed E-state index contributed by atoms with van der Waals surface area (Å²) in [5, 5.41) is 11.4. The van der Waals surface area contributed by atoms with Crippen LogP contribution in [-0.2, 0) is 11.2 Å². The third kappa shape index (κ3) is 3.42. The zero-order chi connectivity index (χ0) is 15.6. The first-order valence-corrected chi connectivity index (χ1v) is 7.65. The van der Waals surface area contributed by atoms with Crippen molar-refractivity contribution in [2.75, 3.05) is 7.11 Å². The second kappa shape index (κ2) is 6.26. The summed E-state index contributed by atoms with van der Waals surface area (Å²) in [6.07, 6.45) is -0.0308. The summed E-state index contributed by atoms with van der Waals surface area (Å²) in [7, 11) is 1.67. The molecular weight excluding hydrogens is 286 g/mol. The van der Waals surface area contributed by atoms with E-state index in [1.807, 2.05) is 18.4 Å². The van der Waals surface area contributed by atoms with Gasteiger partial charge in [0.15, 0.2) is 0 Å². The lowest BCUT2D eigenvalue weighted by molar-refractivity contribution is -0.136. The molecule has 1 aromatic heterocycles. The number of carboxylic acid groups (broad SMARTS) is 1. The molecule has 2 aromatic rings. The van der Waals surface area contributed by atoms with Crippen molar-refractivity contribution in [1.82, 2.24) is 4.98 Å². The Morgan fingerprint density at radius 2 is 2.14 bits per heavy atom. The van der Waals surface area contributed by atoms with Crippen LogP contribution in [0.5, 0.6) is 5.75 Å². The van der Waals surface area contributed by atoms with Gasteiger partial charge >= 0.3 is 5.97 Å². The first-order chi connectivity index (χ1) is 9.92. The van der Waals surface area contributed by atoms with Crippen LogP contribution in [0, 0.1) is 6.92 Å².